The minimum Gasteiger partial charge on any atom is -0.382 e. The Kier molecular flexibility index (Phi) is 8.32. The van der Waals surface area contributed by atoms with Crippen molar-refractivity contribution in [3.63, 3.8) is 0 Å². The van der Waals surface area contributed by atoms with Gasteiger partial charge in [-0.15, -0.1) is 0 Å². The summed E-state index contributed by atoms with van der Waals surface area (Å²) in [6.07, 6.45) is 2.34. The zero-order valence-corrected chi connectivity index (χ0v) is 16.1. The Labute approximate surface area is 151 Å². The lowest BCUT2D eigenvalue weighted by Crippen LogP contribution is -2.38. The summed E-state index contributed by atoms with van der Waals surface area (Å²) in [7, 11) is -1.76. The number of sulfonamides is 1. The number of benzene rings is 1. The minimum absolute atomic E-state index is 0.0304. The second-order valence-corrected chi connectivity index (χ2v) is 8.37. The first-order chi connectivity index (χ1) is 12.0. The summed E-state index contributed by atoms with van der Waals surface area (Å²) in [6.45, 7) is 5.53. The average molecular weight is 371 g/mol. The van der Waals surface area contributed by atoms with Crippen LogP contribution >= 0.6 is 0 Å². The van der Waals surface area contributed by atoms with Crippen LogP contribution in [0.5, 0.6) is 0 Å². The van der Waals surface area contributed by atoms with E-state index in [4.69, 9.17) is 9.47 Å². The molecule has 1 aliphatic rings. The molecule has 1 aromatic rings. The third-order valence-corrected chi connectivity index (χ3v) is 5.78. The molecular formula is C18H30N2O4S. The Morgan fingerprint density at radius 1 is 1.12 bits per heavy atom. The van der Waals surface area contributed by atoms with Crippen LogP contribution in [0, 0.1) is 6.92 Å². The van der Waals surface area contributed by atoms with Crippen molar-refractivity contribution in [2.75, 3.05) is 52.3 Å². The van der Waals surface area contributed by atoms with E-state index < -0.39 is 10.0 Å². The first-order valence-electron chi connectivity index (χ1n) is 8.86. The summed E-state index contributed by atoms with van der Waals surface area (Å²) in [5.74, 6) is -0.0304. The number of aryl methyl sites for hydroxylation is 1. The molecule has 25 heavy (non-hydrogen) atoms. The Morgan fingerprint density at radius 2 is 1.80 bits per heavy atom. The van der Waals surface area contributed by atoms with Crippen molar-refractivity contribution >= 4 is 10.0 Å². The molecule has 1 N–H and O–H groups in total. The average Bonchev–Trinajstić information content (AvgIpc) is 3.10. The fraction of sp³-hybridized carbons (Fsp3) is 0.667. The predicted octanol–water partition coefficient (Wildman–Crippen LogP) is 1.71. The van der Waals surface area contributed by atoms with Crippen LogP contribution in [0.15, 0.2) is 24.3 Å². The summed E-state index contributed by atoms with van der Waals surface area (Å²) >= 11 is 0. The smallest absolute Gasteiger partial charge is 0.213 e. The number of methoxy groups -OCH3 is 1. The van der Waals surface area contributed by atoms with Gasteiger partial charge in [0.05, 0.1) is 25.6 Å². The Bertz CT molecular complexity index is 598. The lowest BCUT2D eigenvalue weighted by atomic mass is 10.0. The Balaban J connectivity index is 1.91. The van der Waals surface area contributed by atoms with E-state index in [1.165, 1.54) is 18.4 Å². The van der Waals surface area contributed by atoms with E-state index in [0.717, 1.165) is 18.7 Å². The molecule has 0 radical (unpaired) electrons. The highest BCUT2D eigenvalue weighted by Crippen LogP contribution is 2.25. The standard InChI is InChI=1S/C18H30N2O4S/c1-16-5-7-17(8-6-16)18(20-9-3-4-10-20)15-19-25(21,22)14-13-24-12-11-23-2/h5-8,18-19H,3-4,9-15H2,1-2H3. The molecule has 0 aliphatic carbocycles. The third kappa shape index (κ3) is 7.03. The summed E-state index contributed by atoms with van der Waals surface area (Å²) in [5.41, 5.74) is 2.37. The van der Waals surface area contributed by atoms with Gasteiger partial charge in [0, 0.05) is 19.7 Å². The zero-order chi connectivity index (χ0) is 18.1. The van der Waals surface area contributed by atoms with E-state index in [-0.39, 0.29) is 18.4 Å². The normalized spacial score (nSPS) is 17.0. The molecule has 1 unspecified atom stereocenters. The molecule has 7 heteroatoms. The zero-order valence-electron chi connectivity index (χ0n) is 15.2. The summed E-state index contributed by atoms with van der Waals surface area (Å²) in [4.78, 5) is 2.36. The number of ether oxygens (including phenoxy) is 2. The van der Waals surface area contributed by atoms with E-state index in [9.17, 15) is 8.42 Å². The van der Waals surface area contributed by atoms with E-state index in [1.807, 2.05) is 0 Å². The Morgan fingerprint density at radius 3 is 2.44 bits per heavy atom. The molecule has 1 aromatic carbocycles. The van der Waals surface area contributed by atoms with Crippen molar-refractivity contribution in [3.05, 3.63) is 35.4 Å². The first-order valence-corrected chi connectivity index (χ1v) is 10.5. The highest BCUT2D eigenvalue weighted by molar-refractivity contribution is 7.89. The Hall–Kier alpha value is -0.990. The molecule has 0 bridgehead atoms. The number of hydrogen-bond donors (Lipinski definition) is 1. The highest BCUT2D eigenvalue weighted by atomic mass is 32.2. The van der Waals surface area contributed by atoms with Gasteiger partial charge in [-0.3, -0.25) is 4.90 Å². The molecule has 0 saturated carbocycles. The van der Waals surface area contributed by atoms with E-state index >= 15 is 0 Å². The van der Waals surface area contributed by atoms with Crippen molar-refractivity contribution in [2.24, 2.45) is 0 Å². The largest absolute Gasteiger partial charge is 0.382 e. The number of hydrogen-bond acceptors (Lipinski definition) is 5. The van der Waals surface area contributed by atoms with E-state index in [2.05, 4.69) is 40.8 Å². The molecule has 1 fully saturated rings. The molecule has 6 nitrogen and oxygen atoms in total. The molecule has 1 aliphatic heterocycles. The fourth-order valence-electron chi connectivity index (χ4n) is 2.99. The topological polar surface area (TPSA) is 67.9 Å². The van der Waals surface area contributed by atoms with Gasteiger partial charge in [0.2, 0.25) is 10.0 Å². The second kappa shape index (κ2) is 10.2. The number of nitrogens with zero attached hydrogens (tertiary/aromatic N) is 1. The predicted molar refractivity (Wildman–Crippen MR) is 99.2 cm³/mol. The monoisotopic (exact) mass is 370 g/mol. The molecule has 2 rings (SSSR count). The summed E-state index contributed by atoms with van der Waals surface area (Å²) < 4.78 is 37.3. The van der Waals surface area contributed by atoms with E-state index in [1.54, 1.807) is 7.11 Å². The lowest BCUT2D eigenvalue weighted by molar-refractivity contribution is 0.0784. The van der Waals surface area contributed by atoms with Crippen LogP contribution in [-0.2, 0) is 19.5 Å². The van der Waals surface area contributed by atoms with Gasteiger partial charge in [-0.25, -0.2) is 13.1 Å². The van der Waals surface area contributed by atoms with Gasteiger partial charge in [-0.1, -0.05) is 29.8 Å². The molecule has 1 atom stereocenters. The van der Waals surface area contributed by atoms with Gasteiger partial charge in [-0.05, 0) is 38.4 Å². The van der Waals surface area contributed by atoms with Crippen LogP contribution in [0.3, 0.4) is 0 Å². The van der Waals surface area contributed by atoms with Gasteiger partial charge in [0.15, 0.2) is 0 Å². The molecule has 142 valence electrons. The maximum absolute atomic E-state index is 12.2. The van der Waals surface area contributed by atoms with Crippen LogP contribution in [0.1, 0.15) is 30.0 Å². The minimum atomic E-state index is -3.35. The highest BCUT2D eigenvalue weighted by Gasteiger charge is 2.25. The van der Waals surface area contributed by atoms with Gasteiger partial charge in [0.25, 0.3) is 0 Å². The molecule has 1 heterocycles. The quantitative estimate of drug-likeness (QED) is 0.601. The van der Waals surface area contributed by atoms with Crippen LogP contribution in [-0.4, -0.2) is 65.6 Å². The molecule has 0 aromatic heterocycles. The van der Waals surface area contributed by atoms with Crippen molar-refractivity contribution in [2.45, 2.75) is 25.8 Å². The SMILES string of the molecule is COCCOCCS(=O)(=O)NCC(c1ccc(C)cc1)N1CCCC1. The van der Waals surface area contributed by atoms with Crippen molar-refractivity contribution < 1.29 is 17.9 Å². The molecule has 0 spiro atoms. The van der Waals surface area contributed by atoms with E-state index in [0.29, 0.717) is 19.8 Å². The van der Waals surface area contributed by atoms with Crippen LogP contribution in [0.25, 0.3) is 0 Å². The van der Waals surface area contributed by atoms with Crippen LogP contribution < -0.4 is 4.72 Å². The van der Waals surface area contributed by atoms with Gasteiger partial charge in [0.1, 0.15) is 0 Å². The fourth-order valence-corrected chi connectivity index (χ4v) is 3.88. The lowest BCUT2D eigenvalue weighted by Gasteiger charge is -2.28. The summed E-state index contributed by atoms with van der Waals surface area (Å²) in [5, 5.41) is 0. The maximum Gasteiger partial charge on any atom is 0.213 e. The molecule has 1 saturated heterocycles. The van der Waals surface area contributed by atoms with Gasteiger partial charge in [-0.2, -0.15) is 0 Å². The molecular weight excluding hydrogens is 340 g/mol. The number of nitrogens with one attached hydrogen (secondary N) is 1. The van der Waals surface area contributed by atoms with Crippen molar-refractivity contribution in [3.8, 4) is 0 Å². The van der Waals surface area contributed by atoms with Crippen LogP contribution in [0.4, 0.5) is 0 Å². The second-order valence-electron chi connectivity index (χ2n) is 6.44. The number of rotatable bonds is 11. The summed E-state index contributed by atoms with van der Waals surface area (Å²) in [6, 6.07) is 8.43. The van der Waals surface area contributed by atoms with Crippen LogP contribution in [0.2, 0.25) is 0 Å². The van der Waals surface area contributed by atoms with Crippen molar-refractivity contribution in [1.82, 2.24) is 9.62 Å². The van der Waals surface area contributed by atoms with Crippen molar-refractivity contribution in [1.29, 1.82) is 0 Å². The maximum atomic E-state index is 12.2. The van der Waals surface area contributed by atoms with Gasteiger partial charge >= 0.3 is 0 Å². The molecule has 0 amide bonds. The number of likely N-dealkylation sites (tertiary alicyclic amines) is 1. The first kappa shape index (κ1) is 20.3. The third-order valence-electron chi connectivity index (χ3n) is 4.47. The van der Waals surface area contributed by atoms with Gasteiger partial charge < -0.3 is 9.47 Å².